The molecule has 0 fully saturated rings. The van der Waals surface area contributed by atoms with Crippen LogP contribution in [0.2, 0.25) is 0 Å². The van der Waals surface area contributed by atoms with E-state index in [0.717, 1.165) is 23.3 Å². The Morgan fingerprint density at radius 3 is 2.43 bits per heavy atom. The molecule has 5 heteroatoms. The minimum Gasteiger partial charge on any atom is -0.351 e. The Kier molecular flexibility index (Phi) is 7.57. The normalized spacial score (nSPS) is 11.2. The van der Waals surface area contributed by atoms with Crippen LogP contribution in [-0.4, -0.2) is 18.4 Å². The molecule has 0 saturated heterocycles. The number of nitrogens with one attached hydrogen (secondary N) is 2. The summed E-state index contributed by atoms with van der Waals surface area (Å²) in [6, 6.07) is 19.6. The summed E-state index contributed by atoms with van der Waals surface area (Å²) in [4.78, 5) is 26.4. The average molecular weight is 419 g/mol. The van der Waals surface area contributed by atoms with E-state index in [1.54, 1.807) is 12.1 Å². The van der Waals surface area contributed by atoms with Gasteiger partial charge in [-0.2, -0.15) is 0 Å². The predicted molar refractivity (Wildman–Crippen MR) is 123 cm³/mol. The summed E-state index contributed by atoms with van der Waals surface area (Å²) in [5.74, 6) is -0.569. The van der Waals surface area contributed by atoms with Gasteiger partial charge in [0, 0.05) is 17.0 Å². The van der Waals surface area contributed by atoms with Crippen molar-refractivity contribution >= 4 is 29.2 Å². The lowest BCUT2D eigenvalue weighted by molar-refractivity contribution is -0.117. The molecular weight excluding hydrogens is 392 g/mol. The van der Waals surface area contributed by atoms with Crippen LogP contribution in [-0.2, 0) is 11.2 Å². The SMILES string of the molecule is Cc1ccc(CCCNC(=O)/C(=C/c2cccs2)NC(=O)c2ccccc2C)cc1. The molecule has 0 aliphatic rings. The van der Waals surface area contributed by atoms with Gasteiger partial charge in [-0.05, 0) is 61.4 Å². The van der Waals surface area contributed by atoms with Crippen molar-refractivity contribution in [1.82, 2.24) is 10.6 Å². The Labute approximate surface area is 181 Å². The van der Waals surface area contributed by atoms with Gasteiger partial charge in [-0.25, -0.2) is 0 Å². The summed E-state index contributed by atoms with van der Waals surface area (Å²) in [5, 5.41) is 7.66. The molecule has 2 aromatic carbocycles. The fourth-order valence-electron chi connectivity index (χ4n) is 3.04. The van der Waals surface area contributed by atoms with Crippen molar-refractivity contribution in [2.75, 3.05) is 6.54 Å². The number of carbonyl (C=O) groups excluding carboxylic acids is 2. The summed E-state index contributed by atoms with van der Waals surface area (Å²) in [6.45, 7) is 4.48. The number of carbonyl (C=O) groups is 2. The second-order valence-corrected chi connectivity index (χ2v) is 8.17. The maximum Gasteiger partial charge on any atom is 0.267 e. The molecule has 1 aromatic heterocycles. The van der Waals surface area contributed by atoms with Gasteiger partial charge in [-0.15, -0.1) is 11.3 Å². The first-order chi connectivity index (χ1) is 14.5. The molecular formula is C25H26N2O2S. The third kappa shape index (κ3) is 6.16. The molecule has 0 unspecified atom stereocenters. The summed E-state index contributed by atoms with van der Waals surface area (Å²) >= 11 is 1.51. The molecule has 0 aliphatic heterocycles. The van der Waals surface area contributed by atoms with Gasteiger partial charge in [-0.3, -0.25) is 9.59 Å². The van der Waals surface area contributed by atoms with Crippen LogP contribution in [0.1, 0.15) is 38.3 Å². The van der Waals surface area contributed by atoms with Crippen molar-refractivity contribution in [1.29, 1.82) is 0 Å². The summed E-state index contributed by atoms with van der Waals surface area (Å²) < 4.78 is 0. The third-order valence-electron chi connectivity index (χ3n) is 4.76. The van der Waals surface area contributed by atoms with Gasteiger partial charge in [0.05, 0.1) is 0 Å². The first-order valence-corrected chi connectivity index (χ1v) is 10.9. The zero-order valence-electron chi connectivity index (χ0n) is 17.3. The van der Waals surface area contributed by atoms with Crippen molar-refractivity contribution in [2.24, 2.45) is 0 Å². The first-order valence-electron chi connectivity index (χ1n) is 9.99. The lowest BCUT2D eigenvalue weighted by Gasteiger charge is -2.12. The van der Waals surface area contributed by atoms with Crippen molar-refractivity contribution in [3.05, 3.63) is 98.9 Å². The molecule has 4 nitrogen and oxygen atoms in total. The molecule has 3 aromatic rings. The highest BCUT2D eigenvalue weighted by molar-refractivity contribution is 7.10. The van der Waals surface area contributed by atoms with Gasteiger partial charge in [0.1, 0.15) is 5.70 Å². The fraction of sp³-hybridized carbons (Fsp3) is 0.200. The zero-order chi connectivity index (χ0) is 21.3. The van der Waals surface area contributed by atoms with Crippen molar-refractivity contribution in [3.63, 3.8) is 0 Å². The Bertz CT molecular complexity index is 1020. The van der Waals surface area contributed by atoms with Gasteiger partial charge >= 0.3 is 0 Å². The second-order valence-electron chi connectivity index (χ2n) is 7.19. The number of aryl methyl sites for hydroxylation is 3. The lowest BCUT2D eigenvalue weighted by Crippen LogP contribution is -2.35. The van der Waals surface area contributed by atoms with Gasteiger partial charge in [-0.1, -0.05) is 54.1 Å². The molecule has 0 saturated carbocycles. The minimum absolute atomic E-state index is 0.251. The molecule has 0 radical (unpaired) electrons. The largest absolute Gasteiger partial charge is 0.351 e. The van der Waals surface area contributed by atoms with E-state index in [1.165, 1.54) is 22.5 Å². The molecule has 0 spiro atoms. The van der Waals surface area contributed by atoms with Crippen molar-refractivity contribution < 1.29 is 9.59 Å². The van der Waals surface area contributed by atoms with E-state index >= 15 is 0 Å². The van der Waals surface area contributed by atoms with E-state index in [2.05, 4.69) is 41.8 Å². The zero-order valence-corrected chi connectivity index (χ0v) is 18.1. The van der Waals surface area contributed by atoms with Gasteiger partial charge < -0.3 is 10.6 Å². The molecule has 0 atom stereocenters. The van der Waals surface area contributed by atoms with E-state index in [1.807, 2.05) is 42.6 Å². The maximum atomic E-state index is 12.8. The fourth-order valence-corrected chi connectivity index (χ4v) is 3.69. The van der Waals surface area contributed by atoms with E-state index in [0.29, 0.717) is 12.1 Å². The average Bonchev–Trinajstić information content (AvgIpc) is 3.25. The van der Waals surface area contributed by atoms with Gasteiger partial charge in [0.15, 0.2) is 0 Å². The van der Waals surface area contributed by atoms with Crippen LogP contribution in [0, 0.1) is 13.8 Å². The quantitative estimate of drug-likeness (QED) is 0.404. The predicted octanol–water partition coefficient (Wildman–Crippen LogP) is 4.88. The maximum absolute atomic E-state index is 12.8. The summed E-state index contributed by atoms with van der Waals surface area (Å²) in [5.41, 5.74) is 4.16. The van der Waals surface area contributed by atoms with Crippen LogP contribution in [0.5, 0.6) is 0 Å². The number of thiophene rings is 1. The number of rotatable bonds is 8. The molecule has 3 rings (SSSR count). The van der Waals surface area contributed by atoms with Crippen molar-refractivity contribution in [2.45, 2.75) is 26.7 Å². The molecule has 154 valence electrons. The highest BCUT2D eigenvalue weighted by Gasteiger charge is 2.15. The third-order valence-corrected chi connectivity index (χ3v) is 5.58. The lowest BCUT2D eigenvalue weighted by atomic mass is 10.1. The molecule has 1 heterocycles. The number of benzene rings is 2. The Hall–Kier alpha value is -3.18. The molecule has 30 heavy (non-hydrogen) atoms. The Balaban J connectivity index is 1.63. The van der Waals surface area contributed by atoms with Crippen LogP contribution in [0.25, 0.3) is 6.08 Å². The minimum atomic E-state index is -0.286. The highest BCUT2D eigenvalue weighted by atomic mass is 32.1. The highest BCUT2D eigenvalue weighted by Crippen LogP contribution is 2.14. The molecule has 0 bridgehead atoms. The van der Waals surface area contributed by atoms with E-state index in [4.69, 9.17) is 0 Å². The second kappa shape index (κ2) is 10.6. The monoisotopic (exact) mass is 418 g/mol. The Morgan fingerprint density at radius 2 is 1.73 bits per heavy atom. The smallest absolute Gasteiger partial charge is 0.267 e. The number of hydrogen-bond acceptors (Lipinski definition) is 3. The van der Waals surface area contributed by atoms with Crippen LogP contribution >= 0.6 is 11.3 Å². The summed E-state index contributed by atoms with van der Waals surface area (Å²) in [6.07, 6.45) is 3.43. The van der Waals surface area contributed by atoms with Gasteiger partial charge in [0.2, 0.25) is 0 Å². The molecule has 2 amide bonds. The van der Waals surface area contributed by atoms with Gasteiger partial charge in [0.25, 0.3) is 11.8 Å². The number of amides is 2. The van der Waals surface area contributed by atoms with Crippen molar-refractivity contribution in [3.8, 4) is 0 Å². The topological polar surface area (TPSA) is 58.2 Å². The van der Waals surface area contributed by atoms with E-state index < -0.39 is 0 Å². The Morgan fingerprint density at radius 1 is 0.967 bits per heavy atom. The standard InChI is InChI=1S/C25H26N2O2S/c1-18-11-13-20(14-12-18)8-5-15-26-25(29)23(17-21-9-6-16-30-21)27-24(28)22-10-4-3-7-19(22)2/h3-4,6-7,9-14,16-17H,5,8,15H2,1-2H3,(H,26,29)(H,27,28)/b23-17-. The molecule has 0 aliphatic carbocycles. The summed E-state index contributed by atoms with van der Waals surface area (Å²) in [7, 11) is 0. The van der Waals surface area contributed by atoms with Crippen LogP contribution < -0.4 is 10.6 Å². The van der Waals surface area contributed by atoms with Crippen LogP contribution in [0.3, 0.4) is 0 Å². The van der Waals surface area contributed by atoms with E-state index in [-0.39, 0.29) is 17.5 Å². The molecule has 2 N–H and O–H groups in total. The van der Waals surface area contributed by atoms with Crippen LogP contribution in [0.4, 0.5) is 0 Å². The number of hydrogen-bond donors (Lipinski definition) is 2. The van der Waals surface area contributed by atoms with E-state index in [9.17, 15) is 9.59 Å². The van der Waals surface area contributed by atoms with Crippen LogP contribution in [0.15, 0.2) is 71.7 Å². The first kappa shape index (κ1) is 21.5.